The van der Waals surface area contributed by atoms with Gasteiger partial charge in [0, 0.05) is 62.1 Å². The van der Waals surface area contributed by atoms with Crippen LogP contribution in [-0.4, -0.2) is 62.1 Å². The lowest BCUT2D eigenvalue weighted by atomic mass is 10.2. The first kappa shape index (κ1) is 17.9. The van der Waals surface area contributed by atoms with Crippen LogP contribution in [0.4, 0.5) is 0 Å². The van der Waals surface area contributed by atoms with Gasteiger partial charge in [0.15, 0.2) is 5.16 Å². The molecule has 0 unspecified atom stereocenters. The Hall–Kier alpha value is -1.86. The fourth-order valence-electron chi connectivity index (χ4n) is 2.75. The highest BCUT2D eigenvalue weighted by Crippen LogP contribution is 2.21. The van der Waals surface area contributed by atoms with Crippen LogP contribution in [0.5, 0.6) is 0 Å². The Kier molecular flexibility index (Phi) is 6.09. The number of thioether (sulfide) groups is 1. The van der Waals surface area contributed by atoms with E-state index in [0.717, 1.165) is 49.9 Å². The van der Waals surface area contributed by atoms with Crippen molar-refractivity contribution in [3.8, 4) is 0 Å². The number of amides is 1. The number of rotatable bonds is 6. The zero-order valence-corrected chi connectivity index (χ0v) is 15.6. The van der Waals surface area contributed by atoms with Crippen molar-refractivity contribution in [2.75, 3.05) is 26.2 Å². The molecule has 0 bridgehead atoms. The van der Waals surface area contributed by atoms with Gasteiger partial charge < -0.3 is 9.88 Å². The number of aromatic nitrogens is 3. The maximum Gasteiger partial charge on any atom is 0.270 e. The van der Waals surface area contributed by atoms with E-state index >= 15 is 0 Å². The summed E-state index contributed by atoms with van der Waals surface area (Å²) >= 11 is 1.72. The number of aromatic amines is 1. The highest BCUT2D eigenvalue weighted by Gasteiger charge is 2.22. The van der Waals surface area contributed by atoms with Crippen molar-refractivity contribution in [1.82, 2.24) is 24.8 Å². The lowest BCUT2D eigenvalue weighted by molar-refractivity contribution is 0.0623. The predicted molar refractivity (Wildman–Crippen MR) is 99.6 cm³/mol. The molecule has 1 amide bonds. The Morgan fingerprint density at radius 3 is 2.60 bits per heavy atom. The van der Waals surface area contributed by atoms with Crippen molar-refractivity contribution in [2.45, 2.75) is 37.2 Å². The van der Waals surface area contributed by atoms with Crippen LogP contribution in [0.25, 0.3) is 0 Å². The van der Waals surface area contributed by atoms with Crippen LogP contribution >= 0.6 is 11.8 Å². The highest BCUT2D eigenvalue weighted by molar-refractivity contribution is 7.99. The van der Waals surface area contributed by atoms with Gasteiger partial charge in [0.05, 0.1) is 0 Å². The van der Waals surface area contributed by atoms with Gasteiger partial charge in [-0.25, -0.2) is 9.97 Å². The zero-order valence-electron chi connectivity index (χ0n) is 14.8. The van der Waals surface area contributed by atoms with Gasteiger partial charge in [-0.15, -0.1) is 0 Å². The first-order valence-corrected chi connectivity index (χ1v) is 9.66. The zero-order chi connectivity index (χ0) is 17.6. The van der Waals surface area contributed by atoms with Crippen LogP contribution in [-0.2, 0) is 6.54 Å². The number of nitrogens with one attached hydrogen (secondary N) is 1. The van der Waals surface area contributed by atoms with E-state index in [-0.39, 0.29) is 5.91 Å². The molecule has 0 radical (unpaired) electrons. The molecular formula is C18H25N5OS. The van der Waals surface area contributed by atoms with E-state index in [2.05, 4.69) is 33.7 Å². The molecule has 0 saturated carbocycles. The molecule has 2 aromatic rings. The number of piperazine rings is 1. The lowest BCUT2D eigenvalue weighted by Gasteiger charge is -2.34. The minimum absolute atomic E-state index is 0.0828. The molecule has 6 nitrogen and oxygen atoms in total. The van der Waals surface area contributed by atoms with E-state index in [1.165, 1.54) is 0 Å². The summed E-state index contributed by atoms with van der Waals surface area (Å²) in [7, 11) is 0. The van der Waals surface area contributed by atoms with E-state index in [1.54, 1.807) is 18.0 Å². The van der Waals surface area contributed by atoms with Gasteiger partial charge in [-0.1, -0.05) is 25.6 Å². The number of hydrogen-bond acceptors (Lipinski definition) is 5. The minimum atomic E-state index is 0.0828. The molecular weight excluding hydrogens is 334 g/mol. The Balaban J connectivity index is 1.48. The second kappa shape index (κ2) is 8.49. The van der Waals surface area contributed by atoms with E-state index in [1.807, 2.05) is 29.4 Å². The summed E-state index contributed by atoms with van der Waals surface area (Å²) in [6, 6.07) is 3.68. The van der Waals surface area contributed by atoms with Crippen LogP contribution in [0.2, 0.25) is 0 Å². The van der Waals surface area contributed by atoms with Crippen molar-refractivity contribution in [1.29, 1.82) is 0 Å². The molecule has 7 heteroatoms. The van der Waals surface area contributed by atoms with Crippen molar-refractivity contribution in [3.63, 3.8) is 0 Å². The molecule has 3 rings (SSSR count). The van der Waals surface area contributed by atoms with Gasteiger partial charge in [-0.2, -0.15) is 0 Å². The Morgan fingerprint density at radius 1 is 1.28 bits per heavy atom. The highest BCUT2D eigenvalue weighted by atomic mass is 32.2. The second-order valence-corrected chi connectivity index (χ2v) is 7.77. The van der Waals surface area contributed by atoms with Crippen LogP contribution in [0.1, 0.15) is 36.3 Å². The molecule has 1 atom stereocenters. The third kappa shape index (κ3) is 4.83. The average Bonchev–Trinajstić information content (AvgIpc) is 3.18. The summed E-state index contributed by atoms with van der Waals surface area (Å²) in [5.41, 5.74) is 1.79. The predicted octanol–water partition coefficient (Wildman–Crippen LogP) is 2.65. The molecule has 3 heterocycles. The first-order chi connectivity index (χ1) is 12.2. The largest absolute Gasteiger partial charge is 0.357 e. The average molecular weight is 359 g/mol. The maximum atomic E-state index is 12.3. The van der Waals surface area contributed by atoms with Crippen LogP contribution in [0.3, 0.4) is 0 Å². The van der Waals surface area contributed by atoms with Crippen molar-refractivity contribution in [3.05, 3.63) is 42.0 Å². The van der Waals surface area contributed by atoms with E-state index in [0.29, 0.717) is 10.9 Å². The number of hydrogen-bond donors (Lipinski definition) is 1. The smallest absolute Gasteiger partial charge is 0.270 e. The van der Waals surface area contributed by atoms with Gasteiger partial charge in [0.2, 0.25) is 0 Å². The van der Waals surface area contributed by atoms with E-state index in [4.69, 9.17) is 0 Å². The third-order valence-corrected chi connectivity index (χ3v) is 5.61. The maximum absolute atomic E-state index is 12.3. The summed E-state index contributed by atoms with van der Waals surface area (Å²) in [5, 5.41) is 1.38. The quantitative estimate of drug-likeness (QED) is 0.634. The summed E-state index contributed by atoms with van der Waals surface area (Å²) in [4.78, 5) is 28.5. The molecule has 1 aliphatic rings. The Morgan fingerprint density at radius 2 is 2.00 bits per heavy atom. The third-order valence-electron chi connectivity index (χ3n) is 4.46. The monoisotopic (exact) mass is 359 g/mol. The Bertz CT molecular complexity index is 665. The molecule has 1 fully saturated rings. The lowest BCUT2D eigenvalue weighted by Crippen LogP contribution is -2.48. The number of carbonyl (C=O) groups excluding carboxylic acids is 1. The van der Waals surface area contributed by atoms with E-state index < -0.39 is 0 Å². The molecule has 0 aromatic carbocycles. The van der Waals surface area contributed by atoms with Crippen LogP contribution < -0.4 is 0 Å². The Labute approximate surface area is 153 Å². The molecule has 1 aliphatic heterocycles. The molecule has 134 valence electrons. The standard InChI is InChI=1S/C18H25N5OS/c1-3-14(2)25-18-20-11-15(12-21-18)13-22-7-9-23(10-8-22)17(24)16-5-4-6-19-16/h4-6,11-12,14,19H,3,7-10,13H2,1-2H3/t14-/m0/s1. The van der Waals surface area contributed by atoms with Gasteiger partial charge in [0.1, 0.15) is 5.69 Å². The molecule has 25 heavy (non-hydrogen) atoms. The molecule has 0 aliphatic carbocycles. The summed E-state index contributed by atoms with van der Waals surface area (Å²) in [6.07, 6.45) is 6.75. The number of carbonyl (C=O) groups is 1. The number of nitrogens with zero attached hydrogens (tertiary/aromatic N) is 4. The molecule has 2 aromatic heterocycles. The van der Waals surface area contributed by atoms with Crippen molar-refractivity contribution in [2.24, 2.45) is 0 Å². The molecule has 1 saturated heterocycles. The number of H-pyrrole nitrogens is 1. The normalized spacial score (nSPS) is 16.8. The SMILES string of the molecule is CC[C@H](C)Sc1ncc(CN2CCN(C(=O)c3ccc[nH]3)CC2)cn1. The van der Waals surface area contributed by atoms with Gasteiger partial charge in [0.25, 0.3) is 5.91 Å². The van der Waals surface area contributed by atoms with Gasteiger partial charge in [-0.3, -0.25) is 9.69 Å². The minimum Gasteiger partial charge on any atom is -0.357 e. The second-order valence-electron chi connectivity index (χ2n) is 6.36. The first-order valence-electron chi connectivity index (χ1n) is 8.78. The summed E-state index contributed by atoms with van der Waals surface area (Å²) < 4.78 is 0. The van der Waals surface area contributed by atoms with Crippen LogP contribution in [0, 0.1) is 0 Å². The molecule has 1 N–H and O–H groups in total. The van der Waals surface area contributed by atoms with Crippen molar-refractivity contribution >= 4 is 17.7 Å². The van der Waals surface area contributed by atoms with E-state index in [9.17, 15) is 4.79 Å². The van der Waals surface area contributed by atoms with Gasteiger partial charge >= 0.3 is 0 Å². The topological polar surface area (TPSA) is 65.1 Å². The van der Waals surface area contributed by atoms with Crippen LogP contribution in [0.15, 0.2) is 35.9 Å². The fourth-order valence-corrected chi connectivity index (χ4v) is 3.50. The summed E-state index contributed by atoms with van der Waals surface area (Å²) in [5.74, 6) is 0.0828. The summed E-state index contributed by atoms with van der Waals surface area (Å²) in [6.45, 7) is 8.44. The van der Waals surface area contributed by atoms with Crippen molar-refractivity contribution < 1.29 is 4.79 Å². The van der Waals surface area contributed by atoms with Gasteiger partial charge in [-0.05, 0) is 18.6 Å². The molecule has 0 spiro atoms. The fraction of sp³-hybridized carbons (Fsp3) is 0.500.